The molecule has 2 aliphatic heterocycles. The Hall–Kier alpha value is -2.59. The number of carbonyl (C=O) groups is 3. The van der Waals surface area contributed by atoms with Gasteiger partial charge in [0.05, 0.1) is 18.6 Å². The monoisotopic (exact) mass is 449 g/mol. The van der Waals surface area contributed by atoms with Crippen LogP contribution in [0.3, 0.4) is 0 Å². The second-order valence-electron chi connectivity index (χ2n) is 6.61. The molecule has 2 saturated heterocycles. The first-order chi connectivity index (χ1) is 14.4. The smallest absolute Gasteiger partial charge is 0.409 e. The van der Waals surface area contributed by atoms with Crippen LogP contribution in [0.15, 0.2) is 29.2 Å². The summed E-state index contributed by atoms with van der Waals surface area (Å²) in [5.41, 5.74) is 0.845. The van der Waals surface area contributed by atoms with E-state index in [1.165, 1.54) is 16.7 Å². The lowest BCUT2D eigenvalue weighted by Crippen LogP contribution is -2.53. The molecule has 0 N–H and O–H groups in total. The molecule has 2 aliphatic rings. The molecular formula is C20H23N3O5S2. The molecule has 0 saturated carbocycles. The minimum absolute atomic E-state index is 0.107. The van der Waals surface area contributed by atoms with Crippen molar-refractivity contribution >= 4 is 52.3 Å². The van der Waals surface area contributed by atoms with Crippen molar-refractivity contribution in [3.05, 3.63) is 34.7 Å². The Kier molecular flexibility index (Phi) is 7.33. The molecule has 10 heteroatoms. The molecule has 2 heterocycles. The lowest BCUT2D eigenvalue weighted by molar-refractivity contribution is -0.136. The Labute approximate surface area is 184 Å². The van der Waals surface area contributed by atoms with Crippen LogP contribution in [0, 0.1) is 0 Å². The molecule has 0 radical (unpaired) electrons. The van der Waals surface area contributed by atoms with E-state index in [2.05, 4.69) is 0 Å². The third-order valence-electron chi connectivity index (χ3n) is 4.74. The maximum absolute atomic E-state index is 12.8. The molecule has 3 amide bonds. The van der Waals surface area contributed by atoms with Gasteiger partial charge in [-0.05, 0) is 30.7 Å². The molecule has 0 aliphatic carbocycles. The fourth-order valence-electron chi connectivity index (χ4n) is 3.08. The third-order valence-corrected chi connectivity index (χ3v) is 6.12. The highest BCUT2D eigenvalue weighted by atomic mass is 32.2. The molecule has 8 nitrogen and oxygen atoms in total. The highest BCUT2D eigenvalue weighted by molar-refractivity contribution is 8.26. The van der Waals surface area contributed by atoms with E-state index in [0.717, 1.165) is 11.3 Å². The molecule has 0 unspecified atom stereocenters. The van der Waals surface area contributed by atoms with Crippen LogP contribution in [-0.2, 0) is 14.3 Å². The lowest BCUT2D eigenvalue weighted by atomic mass is 10.2. The van der Waals surface area contributed by atoms with Crippen molar-refractivity contribution in [2.24, 2.45) is 0 Å². The third kappa shape index (κ3) is 5.11. The minimum Gasteiger partial charge on any atom is -0.497 e. The summed E-state index contributed by atoms with van der Waals surface area (Å²) in [5, 5.41) is 0. The van der Waals surface area contributed by atoms with Crippen LogP contribution < -0.4 is 4.74 Å². The summed E-state index contributed by atoms with van der Waals surface area (Å²) in [4.78, 5) is 42.2. The van der Waals surface area contributed by atoms with Gasteiger partial charge in [0.2, 0.25) is 5.91 Å². The summed E-state index contributed by atoms with van der Waals surface area (Å²) in [6.07, 6.45) is 1.38. The van der Waals surface area contributed by atoms with Gasteiger partial charge in [-0.25, -0.2) is 4.79 Å². The van der Waals surface area contributed by atoms with Crippen molar-refractivity contribution in [3.63, 3.8) is 0 Å². The quantitative estimate of drug-likeness (QED) is 0.504. The van der Waals surface area contributed by atoms with Crippen LogP contribution in [0.2, 0.25) is 0 Å². The molecule has 0 bridgehead atoms. The summed E-state index contributed by atoms with van der Waals surface area (Å²) in [6.45, 7) is 3.56. The molecule has 1 aromatic rings. The average Bonchev–Trinajstić information content (AvgIpc) is 3.02. The molecule has 3 rings (SSSR count). The number of rotatable bonds is 5. The predicted octanol–water partition coefficient (Wildman–Crippen LogP) is 2.20. The van der Waals surface area contributed by atoms with Crippen molar-refractivity contribution in [1.82, 2.24) is 14.7 Å². The molecule has 0 spiro atoms. The molecule has 160 valence electrons. The number of benzene rings is 1. The molecule has 2 fully saturated rings. The number of hydrogen-bond donors (Lipinski definition) is 0. The second kappa shape index (κ2) is 9.94. The number of thiocarbonyl (C=S) groups is 1. The maximum atomic E-state index is 12.8. The Morgan fingerprint density at radius 1 is 1.13 bits per heavy atom. The van der Waals surface area contributed by atoms with E-state index >= 15 is 0 Å². The number of nitrogens with zero attached hydrogens (tertiary/aromatic N) is 3. The van der Waals surface area contributed by atoms with Crippen molar-refractivity contribution in [2.45, 2.75) is 6.92 Å². The SMILES string of the molecule is CCOC(=O)N1CCN(C(=O)CN2C(=O)/C(=C\c3ccc(OC)cc3)SC2=S)CC1. The Bertz CT molecular complexity index is 864. The van der Waals surface area contributed by atoms with Gasteiger partial charge in [-0.3, -0.25) is 14.5 Å². The molecule has 1 aromatic carbocycles. The fourth-order valence-corrected chi connectivity index (χ4v) is 4.33. The fraction of sp³-hybridized carbons (Fsp3) is 0.400. The normalized spacial score (nSPS) is 18.2. The number of amides is 3. The van der Waals surface area contributed by atoms with Gasteiger partial charge in [0.1, 0.15) is 16.6 Å². The van der Waals surface area contributed by atoms with Crippen LogP contribution in [0.25, 0.3) is 6.08 Å². The number of ether oxygens (including phenoxy) is 2. The number of methoxy groups -OCH3 is 1. The van der Waals surface area contributed by atoms with Crippen LogP contribution in [0.5, 0.6) is 5.75 Å². The topological polar surface area (TPSA) is 79.4 Å². The molecule has 30 heavy (non-hydrogen) atoms. The van der Waals surface area contributed by atoms with Crippen LogP contribution >= 0.6 is 24.0 Å². The van der Waals surface area contributed by atoms with E-state index in [4.69, 9.17) is 21.7 Å². The second-order valence-corrected chi connectivity index (χ2v) is 8.28. The summed E-state index contributed by atoms with van der Waals surface area (Å²) >= 11 is 6.50. The molecule has 0 aromatic heterocycles. The first-order valence-corrected chi connectivity index (χ1v) is 10.7. The standard InChI is InChI=1S/C20H23N3O5S2/c1-3-28-19(26)22-10-8-21(9-11-22)17(24)13-23-18(25)16(30-20(23)29)12-14-4-6-15(27-2)7-5-14/h4-7,12H,3,8-11,13H2,1-2H3/b16-12+. The van der Waals surface area contributed by atoms with Crippen molar-refractivity contribution in [3.8, 4) is 5.75 Å². The van der Waals surface area contributed by atoms with Crippen molar-refractivity contribution in [1.29, 1.82) is 0 Å². The van der Waals surface area contributed by atoms with E-state index in [0.29, 0.717) is 42.0 Å². The van der Waals surface area contributed by atoms with E-state index in [-0.39, 0.29) is 24.5 Å². The zero-order valence-corrected chi connectivity index (χ0v) is 18.5. The zero-order valence-electron chi connectivity index (χ0n) is 16.8. The lowest BCUT2D eigenvalue weighted by Gasteiger charge is -2.34. The minimum atomic E-state index is -0.370. The van der Waals surface area contributed by atoms with Crippen LogP contribution in [-0.4, -0.2) is 83.4 Å². The Morgan fingerprint density at radius 3 is 2.37 bits per heavy atom. The molecular weight excluding hydrogens is 426 g/mol. The van der Waals surface area contributed by atoms with Crippen LogP contribution in [0.1, 0.15) is 12.5 Å². The van der Waals surface area contributed by atoms with Gasteiger partial charge in [-0.1, -0.05) is 36.1 Å². The van der Waals surface area contributed by atoms with E-state index in [9.17, 15) is 14.4 Å². The van der Waals surface area contributed by atoms with Gasteiger partial charge in [0, 0.05) is 26.2 Å². The van der Waals surface area contributed by atoms with Crippen LogP contribution in [0.4, 0.5) is 4.79 Å². The Morgan fingerprint density at radius 2 is 1.77 bits per heavy atom. The van der Waals surface area contributed by atoms with E-state index in [1.54, 1.807) is 29.9 Å². The summed E-state index contributed by atoms with van der Waals surface area (Å²) in [6, 6.07) is 7.32. The highest BCUT2D eigenvalue weighted by Crippen LogP contribution is 2.32. The van der Waals surface area contributed by atoms with Gasteiger partial charge in [0.15, 0.2) is 0 Å². The van der Waals surface area contributed by atoms with Crippen molar-refractivity contribution in [2.75, 3.05) is 46.4 Å². The van der Waals surface area contributed by atoms with Gasteiger partial charge in [-0.15, -0.1) is 0 Å². The van der Waals surface area contributed by atoms with Gasteiger partial charge in [-0.2, -0.15) is 0 Å². The number of hydrogen-bond acceptors (Lipinski definition) is 7. The van der Waals surface area contributed by atoms with Gasteiger partial charge >= 0.3 is 6.09 Å². The summed E-state index contributed by atoms with van der Waals surface area (Å²) < 4.78 is 10.5. The maximum Gasteiger partial charge on any atom is 0.409 e. The first kappa shape index (κ1) is 22.1. The first-order valence-electron chi connectivity index (χ1n) is 9.51. The summed E-state index contributed by atoms with van der Waals surface area (Å²) in [7, 11) is 1.59. The van der Waals surface area contributed by atoms with Gasteiger partial charge in [0.25, 0.3) is 5.91 Å². The highest BCUT2D eigenvalue weighted by Gasteiger charge is 2.35. The molecule has 0 atom stereocenters. The van der Waals surface area contributed by atoms with Gasteiger partial charge < -0.3 is 19.3 Å². The largest absolute Gasteiger partial charge is 0.497 e. The zero-order chi connectivity index (χ0) is 21.7. The van der Waals surface area contributed by atoms with E-state index < -0.39 is 0 Å². The average molecular weight is 450 g/mol. The Balaban J connectivity index is 1.58. The summed E-state index contributed by atoms with van der Waals surface area (Å²) in [5.74, 6) is 0.258. The van der Waals surface area contributed by atoms with Crippen molar-refractivity contribution < 1.29 is 23.9 Å². The number of thioether (sulfide) groups is 1. The number of piperazine rings is 1. The number of carbonyl (C=O) groups excluding carboxylic acids is 3. The predicted molar refractivity (Wildman–Crippen MR) is 118 cm³/mol. The van der Waals surface area contributed by atoms with E-state index in [1.807, 2.05) is 24.3 Å².